The van der Waals surface area contributed by atoms with Crippen molar-refractivity contribution in [3.05, 3.63) is 46.6 Å². The van der Waals surface area contributed by atoms with Crippen LogP contribution in [0, 0.1) is 0 Å². The highest BCUT2D eigenvalue weighted by molar-refractivity contribution is 5.30. The minimum atomic E-state index is 0. The average Bonchev–Trinajstić information content (AvgIpc) is 2.57. The van der Waals surface area contributed by atoms with Gasteiger partial charge in [-0.1, -0.05) is 57.5 Å². The van der Waals surface area contributed by atoms with E-state index in [9.17, 15) is 0 Å². The van der Waals surface area contributed by atoms with Crippen LogP contribution in [-0.2, 0) is 0 Å². The first-order valence-electron chi connectivity index (χ1n) is 6.15. The van der Waals surface area contributed by atoms with E-state index < -0.39 is 0 Å². The topological polar surface area (TPSA) is 12.4 Å². The highest BCUT2D eigenvalue weighted by atomic mass is 19.0. The molecule has 0 aliphatic carbocycles. The van der Waals surface area contributed by atoms with Crippen LogP contribution in [0.25, 0.3) is 6.08 Å². The fraction of sp³-hybridized carbons (Fsp3) is 0.400. The zero-order valence-corrected chi connectivity index (χ0v) is 11.5. The van der Waals surface area contributed by atoms with Crippen LogP contribution in [-0.4, -0.2) is 0 Å². The van der Waals surface area contributed by atoms with Gasteiger partial charge < -0.3 is 0 Å². The molecule has 0 unspecified atom stereocenters. The molecular formula is C15H24FN. The van der Waals surface area contributed by atoms with Crippen LogP contribution in [0.5, 0.6) is 0 Å². The highest BCUT2D eigenvalue weighted by Crippen LogP contribution is 2.01. The lowest BCUT2D eigenvalue weighted by atomic mass is 10.2. The van der Waals surface area contributed by atoms with Crippen LogP contribution in [0.3, 0.4) is 0 Å². The highest BCUT2D eigenvalue weighted by Gasteiger charge is 1.91. The molecule has 1 aromatic carbocycles. The lowest BCUT2D eigenvalue weighted by Gasteiger charge is -1.87. The van der Waals surface area contributed by atoms with Crippen LogP contribution in [0.15, 0.2) is 41.0 Å². The summed E-state index contributed by atoms with van der Waals surface area (Å²) in [5.41, 5.74) is 1.31. The van der Waals surface area contributed by atoms with Crippen molar-refractivity contribution in [2.45, 2.75) is 41.0 Å². The quantitative estimate of drug-likeness (QED) is 0.654. The zero-order chi connectivity index (χ0) is 12.4. The molecule has 0 saturated heterocycles. The molecule has 0 N–H and O–H groups in total. The Labute approximate surface area is 104 Å². The Kier molecular flexibility index (Phi) is 11.7. The van der Waals surface area contributed by atoms with Gasteiger partial charge in [0.1, 0.15) is 0 Å². The van der Waals surface area contributed by atoms with Crippen LogP contribution in [0.2, 0.25) is 0 Å². The summed E-state index contributed by atoms with van der Waals surface area (Å²) in [6.07, 6.45) is 5.18. The molecule has 0 atom stereocenters. The lowest BCUT2D eigenvalue weighted by molar-refractivity contribution is 1.11. The fourth-order valence-electron chi connectivity index (χ4n) is 1.28. The number of halogens is 1. The summed E-state index contributed by atoms with van der Waals surface area (Å²) in [6, 6.07) is 8.21. The molecule has 0 fully saturated rings. The summed E-state index contributed by atoms with van der Waals surface area (Å²) in [4.78, 5) is 4.37. The molecule has 1 aliphatic rings. The van der Waals surface area contributed by atoms with Crippen LogP contribution < -0.4 is 10.6 Å². The van der Waals surface area contributed by atoms with Gasteiger partial charge >= 0.3 is 0 Å². The van der Waals surface area contributed by atoms with Crippen molar-refractivity contribution in [1.29, 1.82) is 0 Å². The van der Waals surface area contributed by atoms with Gasteiger partial charge in [-0.3, -0.25) is 9.70 Å². The predicted octanol–water partition coefficient (Wildman–Crippen LogP) is 3.60. The summed E-state index contributed by atoms with van der Waals surface area (Å²) in [5.74, 6) is 0. The van der Waals surface area contributed by atoms with E-state index in [1.165, 1.54) is 10.8 Å². The maximum Gasteiger partial charge on any atom is 0.0698 e. The van der Waals surface area contributed by atoms with Gasteiger partial charge in [0, 0.05) is 6.20 Å². The molecule has 0 bridgehead atoms. The van der Waals surface area contributed by atoms with Crippen molar-refractivity contribution in [1.82, 2.24) is 0 Å². The second kappa shape index (κ2) is 11.1. The Morgan fingerprint density at radius 3 is 2.24 bits per heavy atom. The van der Waals surface area contributed by atoms with E-state index >= 15 is 0 Å². The van der Waals surface area contributed by atoms with E-state index in [1.807, 2.05) is 52.1 Å². The molecule has 17 heavy (non-hydrogen) atoms. The lowest BCUT2D eigenvalue weighted by Crippen LogP contribution is -2.22. The smallest absolute Gasteiger partial charge is 0.0698 e. The Hall–Kier alpha value is -1.44. The van der Waals surface area contributed by atoms with E-state index in [1.54, 1.807) is 0 Å². The first-order chi connectivity index (χ1) is 7.86. The van der Waals surface area contributed by atoms with Crippen LogP contribution in [0.1, 0.15) is 41.0 Å². The van der Waals surface area contributed by atoms with Crippen molar-refractivity contribution >= 4 is 6.08 Å². The van der Waals surface area contributed by atoms with Gasteiger partial charge in [0.2, 0.25) is 0 Å². The molecule has 1 nitrogen and oxygen atoms in total. The summed E-state index contributed by atoms with van der Waals surface area (Å²) in [6.45, 7) is 10.1. The standard InChI is InChI=1S/C11H11N.2C2H6.FH/c1-9-6-7-10-4-2-3-5-11(10)12-8-9;2*1-2;/h2-5,7-8H,6H2,1H3;2*1-2H3;1H. The van der Waals surface area contributed by atoms with Crippen molar-refractivity contribution < 1.29 is 4.70 Å². The van der Waals surface area contributed by atoms with E-state index in [4.69, 9.17) is 0 Å². The van der Waals surface area contributed by atoms with Crippen molar-refractivity contribution in [2.24, 2.45) is 4.99 Å². The SMILES string of the molecule is CC.CC.CC1=CN=c2ccccc2=CC1.F. The molecule has 2 heteroatoms. The molecule has 0 amide bonds. The normalized spacial score (nSPS) is 11.2. The van der Waals surface area contributed by atoms with E-state index in [-0.39, 0.29) is 4.70 Å². The minimum absolute atomic E-state index is 0. The van der Waals surface area contributed by atoms with E-state index in [2.05, 4.69) is 24.1 Å². The third-order valence-corrected chi connectivity index (χ3v) is 2.00. The zero-order valence-electron chi connectivity index (χ0n) is 11.5. The molecule has 0 spiro atoms. The second-order valence-electron chi connectivity index (χ2n) is 3.07. The largest absolute Gasteiger partial charge is 0.269 e. The molecule has 1 heterocycles. The Balaban J connectivity index is 0. The van der Waals surface area contributed by atoms with Crippen LogP contribution >= 0.6 is 0 Å². The number of fused-ring (bicyclic) bond motifs is 1. The Morgan fingerprint density at radius 2 is 1.59 bits per heavy atom. The first-order valence-corrected chi connectivity index (χ1v) is 6.15. The number of nitrogens with zero attached hydrogens (tertiary/aromatic N) is 1. The van der Waals surface area contributed by atoms with Crippen molar-refractivity contribution in [3.63, 3.8) is 0 Å². The molecule has 0 radical (unpaired) electrons. The molecular weight excluding hydrogens is 213 g/mol. The third-order valence-electron chi connectivity index (χ3n) is 2.00. The third kappa shape index (κ3) is 6.00. The predicted molar refractivity (Wildman–Crippen MR) is 75.3 cm³/mol. The van der Waals surface area contributed by atoms with Gasteiger partial charge in [-0.25, -0.2) is 0 Å². The van der Waals surface area contributed by atoms with Crippen LogP contribution in [0.4, 0.5) is 4.70 Å². The summed E-state index contributed by atoms with van der Waals surface area (Å²) in [5, 5.41) is 2.32. The fourth-order valence-corrected chi connectivity index (χ4v) is 1.28. The minimum Gasteiger partial charge on any atom is -0.269 e. The number of benzene rings is 1. The summed E-state index contributed by atoms with van der Waals surface area (Å²) >= 11 is 0. The summed E-state index contributed by atoms with van der Waals surface area (Å²) in [7, 11) is 0. The number of para-hydroxylation sites is 1. The molecule has 1 aliphatic heterocycles. The van der Waals surface area contributed by atoms with E-state index in [0.29, 0.717) is 0 Å². The number of allylic oxidation sites excluding steroid dienone is 1. The van der Waals surface area contributed by atoms with Gasteiger partial charge in [0.15, 0.2) is 0 Å². The molecule has 2 rings (SSSR count). The number of rotatable bonds is 0. The average molecular weight is 237 g/mol. The monoisotopic (exact) mass is 237 g/mol. The van der Waals surface area contributed by atoms with Crippen molar-refractivity contribution in [3.8, 4) is 0 Å². The van der Waals surface area contributed by atoms with Gasteiger partial charge in [-0.15, -0.1) is 0 Å². The van der Waals surface area contributed by atoms with Gasteiger partial charge in [-0.05, 0) is 24.6 Å². The number of hydrogen-bond acceptors (Lipinski definition) is 1. The maximum absolute atomic E-state index is 4.37. The molecule has 0 saturated carbocycles. The summed E-state index contributed by atoms with van der Waals surface area (Å²) < 4.78 is 0. The molecule has 96 valence electrons. The molecule has 1 aromatic rings. The van der Waals surface area contributed by atoms with Gasteiger partial charge in [0.05, 0.1) is 5.36 Å². The Morgan fingerprint density at radius 1 is 1.00 bits per heavy atom. The molecule has 0 aromatic heterocycles. The van der Waals surface area contributed by atoms with Gasteiger partial charge in [0.25, 0.3) is 0 Å². The first kappa shape index (κ1) is 17.9. The Bertz CT molecular complexity index is 432. The van der Waals surface area contributed by atoms with Gasteiger partial charge in [-0.2, -0.15) is 0 Å². The second-order valence-corrected chi connectivity index (χ2v) is 3.07. The maximum atomic E-state index is 4.37. The van der Waals surface area contributed by atoms with Crippen molar-refractivity contribution in [2.75, 3.05) is 0 Å². The van der Waals surface area contributed by atoms with E-state index in [0.717, 1.165) is 11.8 Å². The number of hydrogen-bond donors (Lipinski definition) is 0.